The maximum absolute atomic E-state index is 5.82. The molecule has 3 nitrogen and oxygen atoms in total. The topological polar surface area (TPSA) is 30.5 Å². The molecule has 0 saturated heterocycles. The molecule has 0 saturated carbocycles. The molecule has 0 amide bonds. The lowest BCUT2D eigenvalue weighted by molar-refractivity contribution is 0.265. The van der Waals surface area contributed by atoms with E-state index in [1.165, 1.54) is 4.88 Å². The molecule has 0 aliphatic heterocycles. The minimum absolute atomic E-state index is 0.361. The van der Waals surface area contributed by atoms with Crippen molar-refractivity contribution < 1.29 is 9.47 Å². The average Bonchev–Trinajstić information content (AvgIpc) is 3.04. The van der Waals surface area contributed by atoms with Crippen LogP contribution in [0, 0.1) is 0 Å². The molecule has 0 aliphatic carbocycles. The minimum atomic E-state index is 0.361. The highest BCUT2D eigenvalue weighted by molar-refractivity contribution is 7.10. The van der Waals surface area contributed by atoms with Gasteiger partial charge in [0.15, 0.2) is 11.5 Å². The lowest BCUT2D eigenvalue weighted by Crippen LogP contribution is -2.23. The van der Waals surface area contributed by atoms with Crippen molar-refractivity contribution in [2.45, 2.75) is 26.3 Å². The molecule has 1 aromatic carbocycles. The van der Waals surface area contributed by atoms with Crippen molar-refractivity contribution >= 4 is 11.3 Å². The van der Waals surface area contributed by atoms with Gasteiger partial charge in [-0.15, -0.1) is 11.3 Å². The van der Waals surface area contributed by atoms with E-state index in [0.717, 1.165) is 24.5 Å². The van der Waals surface area contributed by atoms with Crippen LogP contribution in [0.5, 0.6) is 11.5 Å². The minimum Gasteiger partial charge on any atom is -0.490 e. The van der Waals surface area contributed by atoms with Crippen molar-refractivity contribution in [2.75, 3.05) is 19.8 Å². The van der Waals surface area contributed by atoms with Gasteiger partial charge in [0.25, 0.3) is 0 Å². The summed E-state index contributed by atoms with van der Waals surface area (Å²) in [7, 11) is 0. The first-order chi connectivity index (χ1) is 10.3. The molecule has 1 aromatic heterocycles. The normalized spacial score (nSPS) is 12.1. The summed E-state index contributed by atoms with van der Waals surface area (Å²) >= 11 is 1.77. The van der Waals surface area contributed by atoms with E-state index >= 15 is 0 Å². The Labute approximate surface area is 130 Å². The highest BCUT2D eigenvalue weighted by Crippen LogP contribution is 2.26. The van der Waals surface area contributed by atoms with E-state index in [1.54, 1.807) is 11.3 Å². The lowest BCUT2D eigenvalue weighted by atomic mass is 10.3. The fourth-order valence-corrected chi connectivity index (χ4v) is 2.73. The molecule has 1 atom stereocenters. The third-order valence-electron chi connectivity index (χ3n) is 3.09. The van der Waals surface area contributed by atoms with Crippen LogP contribution in [0.25, 0.3) is 0 Å². The van der Waals surface area contributed by atoms with Crippen LogP contribution in [0.15, 0.2) is 41.8 Å². The SMILES string of the molecule is CCCOc1ccccc1OCCNC(C)c1cccs1. The summed E-state index contributed by atoms with van der Waals surface area (Å²) in [4.78, 5) is 1.35. The van der Waals surface area contributed by atoms with Gasteiger partial charge >= 0.3 is 0 Å². The van der Waals surface area contributed by atoms with Crippen molar-refractivity contribution in [1.82, 2.24) is 5.32 Å². The molecule has 1 unspecified atom stereocenters. The average molecular weight is 305 g/mol. The summed E-state index contributed by atoms with van der Waals surface area (Å²) < 4.78 is 11.5. The fourth-order valence-electron chi connectivity index (χ4n) is 1.98. The van der Waals surface area contributed by atoms with Crippen molar-refractivity contribution in [2.24, 2.45) is 0 Å². The lowest BCUT2D eigenvalue weighted by Gasteiger charge is -2.14. The van der Waals surface area contributed by atoms with Crippen molar-refractivity contribution in [3.63, 3.8) is 0 Å². The zero-order valence-electron chi connectivity index (χ0n) is 12.7. The van der Waals surface area contributed by atoms with Crippen molar-refractivity contribution in [1.29, 1.82) is 0 Å². The predicted octanol–water partition coefficient (Wildman–Crippen LogP) is 4.27. The van der Waals surface area contributed by atoms with Crippen molar-refractivity contribution in [3.05, 3.63) is 46.7 Å². The fraction of sp³-hybridized carbons (Fsp3) is 0.412. The standard InChI is InChI=1S/C17H23NO2S/c1-3-11-19-15-7-4-5-8-16(15)20-12-10-18-14(2)17-9-6-13-21-17/h4-9,13-14,18H,3,10-12H2,1-2H3. The Balaban J connectivity index is 1.75. The van der Waals surface area contributed by atoms with Gasteiger partial charge in [-0.2, -0.15) is 0 Å². The van der Waals surface area contributed by atoms with Crippen LogP contribution in [0.1, 0.15) is 31.2 Å². The largest absolute Gasteiger partial charge is 0.490 e. The molecule has 4 heteroatoms. The summed E-state index contributed by atoms with van der Waals surface area (Å²) in [5.41, 5.74) is 0. The number of benzene rings is 1. The predicted molar refractivity (Wildman–Crippen MR) is 88.5 cm³/mol. The van der Waals surface area contributed by atoms with Gasteiger partial charge in [0.2, 0.25) is 0 Å². The highest BCUT2D eigenvalue weighted by Gasteiger charge is 2.06. The Kier molecular flexibility index (Phi) is 6.57. The van der Waals surface area contributed by atoms with E-state index in [2.05, 4.69) is 36.7 Å². The number of nitrogens with one attached hydrogen (secondary N) is 1. The van der Waals surface area contributed by atoms with Crippen LogP contribution in [0.3, 0.4) is 0 Å². The highest BCUT2D eigenvalue weighted by atomic mass is 32.1. The molecule has 0 spiro atoms. The van der Waals surface area contributed by atoms with E-state index < -0.39 is 0 Å². The zero-order chi connectivity index (χ0) is 14.9. The molecular weight excluding hydrogens is 282 g/mol. The third kappa shape index (κ3) is 5.06. The van der Waals surface area contributed by atoms with Crippen LogP contribution < -0.4 is 14.8 Å². The first kappa shape index (κ1) is 15.9. The molecule has 2 rings (SSSR count). The Bertz CT molecular complexity index is 513. The van der Waals surface area contributed by atoms with Crippen LogP contribution in [0.2, 0.25) is 0 Å². The molecule has 21 heavy (non-hydrogen) atoms. The second-order valence-electron chi connectivity index (χ2n) is 4.83. The van der Waals surface area contributed by atoms with E-state index in [1.807, 2.05) is 24.3 Å². The van der Waals surface area contributed by atoms with E-state index in [4.69, 9.17) is 9.47 Å². The van der Waals surface area contributed by atoms with Gasteiger partial charge in [0, 0.05) is 17.5 Å². The first-order valence-electron chi connectivity index (χ1n) is 7.42. The first-order valence-corrected chi connectivity index (χ1v) is 8.30. The van der Waals surface area contributed by atoms with Gasteiger partial charge in [-0.05, 0) is 36.9 Å². The number of hydrogen-bond donors (Lipinski definition) is 1. The monoisotopic (exact) mass is 305 g/mol. The molecule has 0 radical (unpaired) electrons. The summed E-state index contributed by atoms with van der Waals surface area (Å²) in [6, 6.07) is 12.4. The molecule has 0 fully saturated rings. The molecule has 0 bridgehead atoms. The zero-order valence-corrected chi connectivity index (χ0v) is 13.5. The van der Waals surface area contributed by atoms with Crippen LogP contribution >= 0.6 is 11.3 Å². The number of ether oxygens (including phenoxy) is 2. The van der Waals surface area contributed by atoms with Gasteiger partial charge in [-0.3, -0.25) is 0 Å². The van der Waals surface area contributed by atoms with Crippen LogP contribution in [-0.2, 0) is 0 Å². The second-order valence-corrected chi connectivity index (χ2v) is 5.81. The van der Waals surface area contributed by atoms with E-state index in [9.17, 15) is 0 Å². The molecule has 2 aromatic rings. The van der Waals surface area contributed by atoms with E-state index in [0.29, 0.717) is 19.3 Å². The van der Waals surface area contributed by atoms with Gasteiger partial charge in [-0.25, -0.2) is 0 Å². The Morgan fingerprint density at radius 2 is 1.76 bits per heavy atom. The molecule has 0 aliphatic rings. The maximum Gasteiger partial charge on any atom is 0.161 e. The smallest absolute Gasteiger partial charge is 0.161 e. The van der Waals surface area contributed by atoms with Gasteiger partial charge in [-0.1, -0.05) is 25.1 Å². The number of rotatable bonds is 9. The Hall–Kier alpha value is -1.52. The molecular formula is C17H23NO2S. The van der Waals surface area contributed by atoms with Crippen LogP contribution in [-0.4, -0.2) is 19.8 Å². The summed E-state index contributed by atoms with van der Waals surface area (Å²) in [5, 5.41) is 5.57. The molecule has 114 valence electrons. The Morgan fingerprint density at radius 1 is 1.05 bits per heavy atom. The summed E-state index contributed by atoms with van der Waals surface area (Å²) in [6.07, 6.45) is 0.994. The van der Waals surface area contributed by atoms with Gasteiger partial charge < -0.3 is 14.8 Å². The quantitative estimate of drug-likeness (QED) is 0.702. The second kappa shape index (κ2) is 8.70. The third-order valence-corrected chi connectivity index (χ3v) is 4.15. The van der Waals surface area contributed by atoms with Crippen LogP contribution in [0.4, 0.5) is 0 Å². The number of hydrogen-bond acceptors (Lipinski definition) is 4. The summed E-state index contributed by atoms with van der Waals surface area (Å²) in [6.45, 7) is 6.42. The molecule has 1 heterocycles. The van der Waals surface area contributed by atoms with E-state index in [-0.39, 0.29) is 0 Å². The van der Waals surface area contributed by atoms with Gasteiger partial charge in [0.1, 0.15) is 6.61 Å². The molecule has 1 N–H and O–H groups in total. The number of thiophene rings is 1. The number of para-hydroxylation sites is 2. The summed E-state index contributed by atoms with van der Waals surface area (Å²) in [5.74, 6) is 1.64. The van der Waals surface area contributed by atoms with Gasteiger partial charge in [0.05, 0.1) is 6.61 Å². The Morgan fingerprint density at radius 3 is 2.38 bits per heavy atom. The maximum atomic E-state index is 5.82. The van der Waals surface area contributed by atoms with Crippen molar-refractivity contribution in [3.8, 4) is 11.5 Å².